The van der Waals surface area contributed by atoms with E-state index >= 15 is 0 Å². The van der Waals surface area contributed by atoms with Gasteiger partial charge in [0.25, 0.3) is 0 Å². The minimum atomic E-state index is -0.490. The molecule has 0 aliphatic rings. The minimum Gasteiger partial charge on any atom is -0.436 e. The van der Waals surface area contributed by atoms with E-state index in [1.54, 1.807) is 19.1 Å². The summed E-state index contributed by atoms with van der Waals surface area (Å²) < 4.78 is 11.9. The molecule has 1 heterocycles. The lowest BCUT2D eigenvalue weighted by Gasteiger charge is -2.08. The van der Waals surface area contributed by atoms with Crippen molar-refractivity contribution in [3.63, 3.8) is 0 Å². The van der Waals surface area contributed by atoms with Gasteiger partial charge in [-0.15, -0.1) is 0 Å². The number of carbonyl (C=O) groups excluding carboxylic acids is 1. The Labute approximate surface area is 135 Å². The van der Waals surface area contributed by atoms with Crippen molar-refractivity contribution in [3.05, 3.63) is 59.1 Å². The van der Waals surface area contributed by atoms with Crippen molar-refractivity contribution in [2.24, 2.45) is 0 Å². The number of fused-ring (bicyclic) bond motifs is 1. The number of aromatic nitrogens is 1. The zero-order chi connectivity index (χ0) is 15.7. The van der Waals surface area contributed by atoms with E-state index < -0.39 is 5.97 Å². The maximum absolute atomic E-state index is 11.8. The molecule has 22 heavy (non-hydrogen) atoms. The normalized spacial score (nSPS) is 10.6. The van der Waals surface area contributed by atoms with E-state index in [1.165, 1.54) is 0 Å². The monoisotopic (exact) mass is 357 g/mol. The fraction of sp³-hybridized carbons (Fsp3) is 0.0588. The summed E-state index contributed by atoms with van der Waals surface area (Å²) in [6, 6.07) is 12.8. The summed E-state index contributed by atoms with van der Waals surface area (Å²) in [5, 5.41) is 0. The van der Waals surface area contributed by atoms with Crippen LogP contribution in [0.25, 0.3) is 22.6 Å². The molecule has 4 nitrogen and oxygen atoms in total. The highest BCUT2D eigenvalue weighted by molar-refractivity contribution is 9.10. The van der Waals surface area contributed by atoms with Crippen LogP contribution < -0.4 is 4.74 Å². The summed E-state index contributed by atoms with van der Waals surface area (Å²) in [5.74, 6) is 0.280. The molecule has 0 atom stereocenters. The first-order chi connectivity index (χ1) is 10.5. The molecule has 1 aromatic heterocycles. The Bertz CT molecular complexity index is 849. The number of oxazole rings is 1. The SMILES string of the molecule is C=C(C)C(=O)Oc1cc(Br)ccc1-c1nc2ccccc2o1. The van der Waals surface area contributed by atoms with Gasteiger partial charge in [0, 0.05) is 10.0 Å². The van der Waals surface area contributed by atoms with E-state index in [-0.39, 0.29) is 0 Å². The zero-order valence-electron chi connectivity index (χ0n) is 11.8. The largest absolute Gasteiger partial charge is 0.436 e. The van der Waals surface area contributed by atoms with Crippen LogP contribution >= 0.6 is 15.9 Å². The van der Waals surface area contributed by atoms with Gasteiger partial charge in [0.1, 0.15) is 11.3 Å². The number of ether oxygens (including phenoxy) is 1. The number of hydrogen-bond acceptors (Lipinski definition) is 4. The molecule has 2 aromatic carbocycles. The van der Waals surface area contributed by atoms with Crippen LogP contribution in [-0.4, -0.2) is 11.0 Å². The van der Waals surface area contributed by atoms with Gasteiger partial charge in [0.05, 0.1) is 5.56 Å². The van der Waals surface area contributed by atoms with Crippen molar-refractivity contribution in [3.8, 4) is 17.2 Å². The molecule has 0 bridgehead atoms. The molecule has 0 N–H and O–H groups in total. The molecule has 110 valence electrons. The molecule has 5 heteroatoms. The highest BCUT2D eigenvalue weighted by Crippen LogP contribution is 2.34. The van der Waals surface area contributed by atoms with Gasteiger partial charge < -0.3 is 9.15 Å². The van der Waals surface area contributed by atoms with E-state index in [0.29, 0.717) is 28.4 Å². The second kappa shape index (κ2) is 5.77. The standard InChI is InChI=1S/C17H12BrNO3/c1-10(2)17(20)22-15-9-11(18)7-8-12(15)16-19-13-5-3-4-6-14(13)21-16/h3-9H,1H2,2H3. The lowest BCUT2D eigenvalue weighted by atomic mass is 10.2. The maximum Gasteiger partial charge on any atom is 0.338 e. The number of para-hydroxylation sites is 2. The van der Waals surface area contributed by atoms with Gasteiger partial charge in [-0.25, -0.2) is 9.78 Å². The van der Waals surface area contributed by atoms with E-state index in [9.17, 15) is 4.79 Å². The third-order valence-corrected chi connectivity index (χ3v) is 3.51. The number of esters is 1. The molecule has 0 aliphatic heterocycles. The summed E-state index contributed by atoms with van der Waals surface area (Å²) in [7, 11) is 0. The predicted molar refractivity (Wildman–Crippen MR) is 87.6 cm³/mol. The van der Waals surface area contributed by atoms with Crippen LogP contribution in [0.5, 0.6) is 5.75 Å². The first kappa shape index (κ1) is 14.5. The summed E-state index contributed by atoms with van der Waals surface area (Å²) in [4.78, 5) is 16.2. The highest BCUT2D eigenvalue weighted by Gasteiger charge is 2.16. The van der Waals surface area contributed by atoms with Crippen molar-refractivity contribution in [1.29, 1.82) is 0 Å². The van der Waals surface area contributed by atoms with Crippen molar-refractivity contribution >= 4 is 33.0 Å². The topological polar surface area (TPSA) is 52.3 Å². The van der Waals surface area contributed by atoms with Crippen molar-refractivity contribution in [2.45, 2.75) is 6.92 Å². The van der Waals surface area contributed by atoms with Crippen molar-refractivity contribution in [2.75, 3.05) is 0 Å². The van der Waals surface area contributed by atoms with Gasteiger partial charge in [0.2, 0.25) is 5.89 Å². The fourth-order valence-electron chi connectivity index (χ4n) is 1.93. The number of nitrogens with zero attached hydrogens (tertiary/aromatic N) is 1. The van der Waals surface area contributed by atoms with Gasteiger partial charge >= 0.3 is 5.97 Å². The molecule has 0 amide bonds. The number of hydrogen-bond donors (Lipinski definition) is 0. The Hall–Kier alpha value is -2.40. The first-order valence-corrected chi connectivity index (χ1v) is 7.37. The number of carbonyl (C=O) groups is 1. The lowest BCUT2D eigenvalue weighted by molar-refractivity contribution is -0.130. The Morgan fingerprint density at radius 3 is 2.77 bits per heavy atom. The van der Waals surface area contributed by atoms with Crippen LogP contribution in [0.1, 0.15) is 6.92 Å². The van der Waals surface area contributed by atoms with Crippen LogP contribution in [0.2, 0.25) is 0 Å². The minimum absolute atomic E-state index is 0.323. The smallest absolute Gasteiger partial charge is 0.338 e. The Morgan fingerprint density at radius 2 is 2.05 bits per heavy atom. The quantitative estimate of drug-likeness (QED) is 0.386. The second-order valence-corrected chi connectivity index (χ2v) is 5.71. The molecular formula is C17H12BrNO3. The summed E-state index contributed by atoms with van der Waals surface area (Å²) in [6.07, 6.45) is 0. The molecule has 3 aromatic rings. The van der Waals surface area contributed by atoms with Gasteiger partial charge in [-0.3, -0.25) is 0 Å². The van der Waals surface area contributed by atoms with E-state index in [1.807, 2.05) is 30.3 Å². The molecule has 0 saturated heterocycles. The molecule has 0 fully saturated rings. The maximum atomic E-state index is 11.8. The Morgan fingerprint density at radius 1 is 1.27 bits per heavy atom. The van der Waals surface area contributed by atoms with Gasteiger partial charge in [-0.2, -0.15) is 0 Å². The van der Waals surface area contributed by atoms with Crippen molar-refractivity contribution in [1.82, 2.24) is 4.98 Å². The van der Waals surface area contributed by atoms with Crippen LogP contribution in [0, 0.1) is 0 Å². The molecule has 0 unspecified atom stereocenters. The molecule has 0 saturated carbocycles. The second-order valence-electron chi connectivity index (χ2n) is 4.80. The number of benzene rings is 2. The van der Waals surface area contributed by atoms with E-state index in [2.05, 4.69) is 27.5 Å². The van der Waals surface area contributed by atoms with Crippen molar-refractivity contribution < 1.29 is 13.9 Å². The fourth-order valence-corrected chi connectivity index (χ4v) is 2.27. The molecular weight excluding hydrogens is 346 g/mol. The van der Waals surface area contributed by atoms with Gasteiger partial charge in [-0.1, -0.05) is 34.6 Å². The highest BCUT2D eigenvalue weighted by atomic mass is 79.9. The summed E-state index contributed by atoms with van der Waals surface area (Å²) in [5.41, 5.74) is 2.35. The average Bonchev–Trinajstić information content (AvgIpc) is 2.90. The van der Waals surface area contributed by atoms with Gasteiger partial charge in [-0.05, 0) is 37.3 Å². The Kier molecular flexibility index (Phi) is 3.81. The van der Waals surface area contributed by atoms with E-state index in [0.717, 1.165) is 9.99 Å². The van der Waals surface area contributed by atoms with Crippen LogP contribution in [0.15, 0.2) is 63.5 Å². The van der Waals surface area contributed by atoms with E-state index in [4.69, 9.17) is 9.15 Å². The molecule has 0 spiro atoms. The first-order valence-electron chi connectivity index (χ1n) is 6.58. The third kappa shape index (κ3) is 2.80. The predicted octanol–water partition coefficient (Wildman–Crippen LogP) is 4.74. The Balaban J connectivity index is 2.09. The molecule has 0 aliphatic carbocycles. The van der Waals surface area contributed by atoms with Crippen LogP contribution in [-0.2, 0) is 4.79 Å². The molecule has 0 radical (unpaired) electrons. The number of halogens is 1. The average molecular weight is 358 g/mol. The third-order valence-electron chi connectivity index (χ3n) is 3.02. The van der Waals surface area contributed by atoms with Gasteiger partial charge in [0.15, 0.2) is 5.58 Å². The molecule has 3 rings (SSSR count). The number of rotatable bonds is 3. The zero-order valence-corrected chi connectivity index (χ0v) is 13.4. The summed E-state index contributed by atoms with van der Waals surface area (Å²) in [6.45, 7) is 5.18. The summed E-state index contributed by atoms with van der Waals surface area (Å²) >= 11 is 3.37. The van der Waals surface area contributed by atoms with Crippen LogP contribution in [0.4, 0.5) is 0 Å². The lowest BCUT2D eigenvalue weighted by Crippen LogP contribution is -2.09. The van der Waals surface area contributed by atoms with Crippen LogP contribution in [0.3, 0.4) is 0 Å².